The van der Waals surface area contributed by atoms with Gasteiger partial charge in [-0.1, -0.05) is 31.1 Å². The van der Waals surface area contributed by atoms with Gasteiger partial charge in [-0.25, -0.2) is 4.39 Å². The van der Waals surface area contributed by atoms with E-state index in [1.165, 1.54) is 37.7 Å². The maximum absolute atomic E-state index is 14.2. The molecule has 3 rings (SSSR count). The second-order valence-electron chi connectivity index (χ2n) is 6.46. The first-order chi connectivity index (χ1) is 10.2. The number of benzene rings is 1. The second-order valence-corrected chi connectivity index (χ2v) is 6.46. The minimum Gasteiger partial charge on any atom is -0.205 e. The zero-order valence-corrected chi connectivity index (χ0v) is 12.7. The topological polar surface area (TPSA) is 23.8 Å². The van der Waals surface area contributed by atoms with Crippen LogP contribution in [0, 0.1) is 29.0 Å². The summed E-state index contributed by atoms with van der Waals surface area (Å²) in [6.07, 6.45) is 10.3. The Kier molecular flexibility index (Phi) is 4.10. The Morgan fingerprint density at radius 1 is 1.24 bits per heavy atom. The molecule has 2 aliphatic carbocycles. The van der Waals surface area contributed by atoms with Crippen molar-refractivity contribution < 1.29 is 4.39 Å². The lowest BCUT2D eigenvalue weighted by Gasteiger charge is -2.31. The van der Waals surface area contributed by atoms with E-state index in [-0.39, 0.29) is 11.4 Å². The Balaban J connectivity index is 1.75. The van der Waals surface area contributed by atoms with Crippen LogP contribution in [0.15, 0.2) is 23.8 Å². The molecule has 1 aromatic rings. The smallest absolute Gasteiger partial charge is 0.144 e. The molecule has 0 spiro atoms. The third-order valence-electron chi connectivity index (χ3n) is 5.37. The molecule has 0 bridgehead atoms. The van der Waals surface area contributed by atoms with Crippen LogP contribution in [-0.2, 0) is 12.8 Å². The van der Waals surface area contributed by atoms with Crippen molar-refractivity contribution in [3.05, 3.63) is 46.3 Å². The van der Waals surface area contributed by atoms with Crippen molar-refractivity contribution in [1.29, 1.82) is 5.26 Å². The van der Waals surface area contributed by atoms with Crippen LogP contribution in [-0.4, -0.2) is 0 Å². The van der Waals surface area contributed by atoms with Gasteiger partial charge in [0.25, 0.3) is 0 Å². The van der Waals surface area contributed by atoms with Gasteiger partial charge >= 0.3 is 0 Å². The molecule has 0 N–H and O–H groups in total. The summed E-state index contributed by atoms with van der Waals surface area (Å²) in [5.41, 5.74) is 3.50. The Morgan fingerprint density at radius 2 is 2.00 bits per heavy atom. The van der Waals surface area contributed by atoms with Gasteiger partial charge in [0.15, 0.2) is 0 Å². The molecule has 1 fully saturated rings. The van der Waals surface area contributed by atoms with Crippen LogP contribution in [0.25, 0.3) is 0 Å². The van der Waals surface area contributed by atoms with Crippen molar-refractivity contribution in [3.8, 4) is 6.07 Å². The van der Waals surface area contributed by atoms with Crippen LogP contribution in [0.2, 0.25) is 0 Å². The molecular weight excluding hydrogens is 261 g/mol. The van der Waals surface area contributed by atoms with E-state index in [1.54, 1.807) is 6.07 Å². The predicted molar refractivity (Wildman–Crippen MR) is 82.3 cm³/mol. The van der Waals surface area contributed by atoms with Crippen LogP contribution in [0.3, 0.4) is 0 Å². The zero-order chi connectivity index (χ0) is 14.8. The Morgan fingerprint density at radius 3 is 2.67 bits per heavy atom. The normalized spacial score (nSPS) is 24.9. The summed E-state index contributed by atoms with van der Waals surface area (Å²) in [6, 6.07) is 5.51. The molecule has 2 heteroatoms. The van der Waals surface area contributed by atoms with Crippen LogP contribution in [0.5, 0.6) is 0 Å². The minimum atomic E-state index is -0.306. The fraction of sp³-hybridized carbons (Fsp3) is 0.526. The first kappa shape index (κ1) is 14.3. The van der Waals surface area contributed by atoms with Gasteiger partial charge in [-0.3, -0.25) is 0 Å². The predicted octanol–water partition coefficient (Wildman–Crippen LogP) is 4.94. The molecule has 0 unspecified atom stereocenters. The van der Waals surface area contributed by atoms with E-state index in [1.807, 2.05) is 12.1 Å². The van der Waals surface area contributed by atoms with Crippen molar-refractivity contribution in [2.75, 3.05) is 0 Å². The summed E-state index contributed by atoms with van der Waals surface area (Å²) in [6.45, 7) is 2.29. The van der Waals surface area contributed by atoms with Gasteiger partial charge in [-0.15, -0.1) is 0 Å². The number of rotatable bonds is 2. The number of hydrogen-bond donors (Lipinski definition) is 0. The molecule has 0 atom stereocenters. The van der Waals surface area contributed by atoms with E-state index in [0.717, 1.165) is 23.5 Å². The van der Waals surface area contributed by atoms with Crippen molar-refractivity contribution in [1.82, 2.24) is 0 Å². The average molecular weight is 283 g/mol. The number of halogens is 1. The van der Waals surface area contributed by atoms with Crippen molar-refractivity contribution in [3.63, 3.8) is 0 Å². The van der Waals surface area contributed by atoms with Gasteiger partial charge in [-0.2, -0.15) is 5.26 Å². The number of hydrogen-bond acceptors (Lipinski definition) is 1. The lowest BCUT2D eigenvalue weighted by atomic mass is 9.74. The van der Waals surface area contributed by atoms with Crippen LogP contribution in [0.1, 0.15) is 55.7 Å². The number of fused-ring (bicyclic) bond motifs is 1. The number of nitriles is 1. The first-order valence-corrected chi connectivity index (χ1v) is 8.12. The summed E-state index contributed by atoms with van der Waals surface area (Å²) in [4.78, 5) is 0. The molecule has 1 saturated carbocycles. The van der Waals surface area contributed by atoms with Crippen LogP contribution >= 0.6 is 0 Å². The molecule has 0 aromatic heterocycles. The summed E-state index contributed by atoms with van der Waals surface area (Å²) >= 11 is 0. The Hall–Kier alpha value is -1.62. The van der Waals surface area contributed by atoms with E-state index in [0.29, 0.717) is 12.3 Å². The standard InChI is InChI=1S/C19H22FN/c1-2-13-3-5-14(6-4-13)15-9-10-18-16(11-15)7-8-17(12-21)19(18)20/h7-9,13-14H,2-6,10-11H2,1H3. The van der Waals surface area contributed by atoms with E-state index in [4.69, 9.17) is 5.26 Å². The van der Waals surface area contributed by atoms with Crippen molar-refractivity contribution in [2.45, 2.75) is 51.9 Å². The van der Waals surface area contributed by atoms with Gasteiger partial charge in [0.05, 0.1) is 5.56 Å². The third-order valence-corrected chi connectivity index (χ3v) is 5.37. The highest BCUT2D eigenvalue weighted by Crippen LogP contribution is 2.38. The van der Waals surface area contributed by atoms with E-state index in [2.05, 4.69) is 13.0 Å². The molecule has 110 valence electrons. The highest BCUT2D eigenvalue weighted by atomic mass is 19.1. The van der Waals surface area contributed by atoms with Crippen LogP contribution in [0.4, 0.5) is 4.39 Å². The summed E-state index contributed by atoms with van der Waals surface area (Å²) in [7, 11) is 0. The fourth-order valence-corrected chi connectivity index (χ4v) is 3.91. The average Bonchev–Trinajstić information content (AvgIpc) is 2.55. The van der Waals surface area contributed by atoms with Gasteiger partial charge in [-0.05, 0) is 67.6 Å². The molecule has 21 heavy (non-hydrogen) atoms. The van der Waals surface area contributed by atoms with E-state index < -0.39 is 0 Å². The molecular formula is C19H22FN. The van der Waals surface area contributed by atoms with Gasteiger partial charge < -0.3 is 0 Å². The molecule has 1 aromatic carbocycles. The van der Waals surface area contributed by atoms with Gasteiger partial charge in [0, 0.05) is 0 Å². The fourth-order valence-electron chi connectivity index (χ4n) is 3.91. The number of nitrogens with zero attached hydrogens (tertiary/aromatic N) is 1. The van der Waals surface area contributed by atoms with E-state index >= 15 is 0 Å². The monoisotopic (exact) mass is 283 g/mol. The summed E-state index contributed by atoms with van der Waals surface area (Å²) in [5.74, 6) is 1.30. The second kappa shape index (κ2) is 6.02. The van der Waals surface area contributed by atoms with Crippen LogP contribution < -0.4 is 0 Å². The summed E-state index contributed by atoms with van der Waals surface area (Å²) < 4.78 is 14.2. The highest BCUT2D eigenvalue weighted by molar-refractivity contribution is 5.45. The van der Waals surface area contributed by atoms with Crippen molar-refractivity contribution >= 4 is 0 Å². The maximum Gasteiger partial charge on any atom is 0.144 e. The highest BCUT2D eigenvalue weighted by Gasteiger charge is 2.26. The minimum absolute atomic E-state index is 0.175. The summed E-state index contributed by atoms with van der Waals surface area (Å²) in [5, 5.41) is 8.92. The SMILES string of the molecule is CCC1CCC(C2=CCc3c(ccc(C#N)c3F)C2)CC1. The molecule has 0 heterocycles. The lowest BCUT2D eigenvalue weighted by molar-refractivity contribution is 0.292. The largest absolute Gasteiger partial charge is 0.205 e. The Bertz CT molecular complexity index is 601. The molecule has 0 aliphatic heterocycles. The molecule has 0 radical (unpaired) electrons. The third kappa shape index (κ3) is 2.75. The zero-order valence-electron chi connectivity index (χ0n) is 12.7. The molecule has 2 aliphatic rings. The quantitative estimate of drug-likeness (QED) is 0.705. The Labute approximate surface area is 126 Å². The lowest BCUT2D eigenvalue weighted by Crippen LogP contribution is -2.19. The molecule has 1 nitrogen and oxygen atoms in total. The maximum atomic E-state index is 14.2. The molecule has 0 saturated heterocycles. The molecule has 0 amide bonds. The first-order valence-electron chi connectivity index (χ1n) is 8.12. The van der Waals surface area contributed by atoms with Gasteiger partial charge in [0.1, 0.15) is 11.9 Å². The number of allylic oxidation sites excluding steroid dienone is 2. The van der Waals surface area contributed by atoms with E-state index in [9.17, 15) is 4.39 Å². The van der Waals surface area contributed by atoms with Gasteiger partial charge in [0.2, 0.25) is 0 Å². The van der Waals surface area contributed by atoms with Crippen molar-refractivity contribution in [2.24, 2.45) is 11.8 Å².